The highest BCUT2D eigenvalue weighted by molar-refractivity contribution is 7.89. The van der Waals surface area contributed by atoms with E-state index in [1.165, 1.54) is 4.31 Å². The molecule has 128 valence electrons. The zero-order valence-electron chi connectivity index (χ0n) is 13.5. The van der Waals surface area contributed by atoms with E-state index >= 15 is 0 Å². The number of benzene rings is 1. The maximum absolute atomic E-state index is 12.3. The van der Waals surface area contributed by atoms with Crippen molar-refractivity contribution in [1.29, 1.82) is 0 Å². The van der Waals surface area contributed by atoms with Crippen molar-refractivity contribution < 1.29 is 13.2 Å². The monoisotopic (exact) mass is 358 g/mol. The van der Waals surface area contributed by atoms with Gasteiger partial charge in [0.25, 0.3) is 0 Å². The van der Waals surface area contributed by atoms with Crippen LogP contribution in [0.2, 0.25) is 5.02 Å². The number of amides is 1. The lowest BCUT2D eigenvalue weighted by Gasteiger charge is -2.30. The Bertz CT molecular complexity index is 668. The molecule has 0 bridgehead atoms. The number of carbonyl (C=O) groups is 1. The molecule has 7 heteroatoms. The first-order valence-corrected chi connectivity index (χ1v) is 9.87. The van der Waals surface area contributed by atoms with Crippen LogP contribution in [0.5, 0.6) is 0 Å². The van der Waals surface area contributed by atoms with Crippen molar-refractivity contribution in [2.75, 3.05) is 24.2 Å². The fourth-order valence-electron chi connectivity index (χ4n) is 2.70. The van der Waals surface area contributed by atoms with Gasteiger partial charge in [-0.15, -0.1) is 0 Å². The molecule has 2 rings (SSSR count). The lowest BCUT2D eigenvalue weighted by atomic mass is 9.97. The van der Waals surface area contributed by atoms with Gasteiger partial charge in [0.15, 0.2) is 0 Å². The van der Waals surface area contributed by atoms with E-state index < -0.39 is 10.0 Å². The summed E-state index contributed by atoms with van der Waals surface area (Å²) in [6, 6.07) is 5.41. The second-order valence-electron chi connectivity index (χ2n) is 5.94. The number of halogens is 1. The molecule has 1 heterocycles. The average Bonchev–Trinajstić information content (AvgIpc) is 2.51. The fourth-order valence-corrected chi connectivity index (χ4v) is 4.42. The summed E-state index contributed by atoms with van der Waals surface area (Å²) in [5, 5.41) is 3.48. The Labute approximate surface area is 143 Å². The molecule has 1 N–H and O–H groups in total. The standard InChI is InChI=1S/C16H23ClN2O3S/c1-3-10-23(21,22)19-8-6-13(7-9-19)16(20)18-14-5-4-12(2)15(17)11-14/h4-5,11,13H,3,6-10H2,1-2H3,(H,18,20). The predicted molar refractivity (Wildman–Crippen MR) is 93.2 cm³/mol. The van der Waals surface area contributed by atoms with Crippen LogP contribution in [0.25, 0.3) is 0 Å². The van der Waals surface area contributed by atoms with Crippen molar-refractivity contribution in [2.45, 2.75) is 33.1 Å². The molecule has 1 aromatic carbocycles. The Morgan fingerprint density at radius 3 is 2.57 bits per heavy atom. The van der Waals surface area contributed by atoms with Crippen LogP contribution in [0.15, 0.2) is 18.2 Å². The van der Waals surface area contributed by atoms with E-state index in [4.69, 9.17) is 11.6 Å². The van der Waals surface area contributed by atoms with Crippen LogP contribution in [0.1, 0.15) is 31.7 Å². The molecule has 23 heavy (non-hydrogen) atoms. The van der Waals surface area contributed by atoms with Gasteiger partial charge < -0.3 is 5.32 Å². The molecule has 1 aliphatic rings. The highest BCUT2D eigenvalue weighted by atomic mass is 35.5. The number of aryl methyl sites for hydroxylation is 1. The third kappa shape index (κ3) is 4.68. The molecule has 1 saturated heterocycles. The van der Waals surface area contributed by atoms with Gasteiger partial charge in [-0.25, -0.2) is 12.7 Å². The second kappa shape index (κ2) is 7.64. The molecule has 0 spiro atoms. The number of hydrogen-bond acceptors (Lipinski definition) is 3. The van der Waals surface area contributed by atoms with Gasteiger partial charge in [-0.1, -0.05) is 24.6 Å². The highest BCUT2D eigenvalue weighted by Crippen LogP contribution is 2.24. The minimum Gasteiger partial charge on any atom is -0.326 e. The normalized spacial score (nSPS) is 17.2. The predicted octanol–water partition coefficient (Wildman–Crippen LogP) is 3.04. The van der Waals surface area contributed by atoms with Crippen molar-refractivity contribution in [3.8, 4) is 0 Å². The van der Waals surface area contributed by atoms with Crippen LogP contribution in [-0.2, 0) is 14.8 Å². The van der Waals surface area contributed by atoms with Crippen molar-refractivity contribution in [1.82, 2.24) is 4.31 Å². The Hall–Kier alpha value is -1.11. The van der Waals surface area contributed by atoms with Crippen LogP contribution in [0.4, 0.5) is 5.69 Å². The molecule has 0 saturated carbocycles. The van der Waals surface area contributed by atoms with Gasteiger partial charge >= 0.3 is 0 Å². The van der Waals surface area contributed by atoms with E-state index in [1.807, 2.05) is 26.0 Å². The van der Waals surface area contributed by atoms with Crippen molar-refractivity contribution >= 4 is 33.2 Å². The van der Waals surface area contributed by atoms with E-state index in [9.17, 15) is 13.2 Å². The molecular weight excluding hydrogens is 336 g/mol. The minimum atomic E-state index is -3.17. The number of sulfonamides is 1. The molecular formula is C16H23ClN2O3S. The smallest absolute Gasteiger partial charge is 0.227 e. The molecule has 1 aromatic rings. The van der Waals surface area contributed by atoms with Gasteiger partial charge in [0.05, 0.1) is 5.75 Å². The van der Waals surface area contributed by atoms with Gasteiger partial charge in [0, 0.05) is 29.7 Å². The summed E-state index contributed by atoms with van der Waals surface area (Å²) < 4.78 is 25.6. The Morgan fingerprint density at radius 2 is 2.00 bits per heavy atom. The largest absolute Gasteiger partial charge is 0.326 e. The number of anilines is 1. The molecule has 0 aliphatic carbocycles. The van der Waals surface area contributed by atoms with E-state index in [0.29, 0.717) is 43.1 Å². The summed E-state index contributed by atoms with van der Waals surface area (Å²) in [5.41, 5.74) is 1.63. The maximum atomic E-state index is 12.3. The molecule has 0 atom stereocenters. The van der Waals surface area contributed by atoms with Crippen LogP contribution in [0.3, 0.4) is 0 Å². The SMILES string of the molecule is CCCS(=O)(=O)N1CCC(C(=O)Nc2ccc(C)c(Cl)c2)CC1. The third-order valence-electron chi connectivity index (χ3n) is 4.12. The maximum Gasteiger partial charge on any atom is 0.227 e. The van der Waals surface area contributed by atoms with E-state index in [-0.39, 0.29) is 17.6 Å². The van der Waals surface area contributed by atoms with Gasteiger partial charge in [0.1, 0.15) is 0 Å². The number of carbonyl (C=O) groups excluding carboxylic acids is 1. The lowest BCUT2D eigenvalue weighted by molar-refractivity contribution is -0.120. The first kappa shape index (κ1) is 18.2. The molecule has 1 amide bonds. The van der Waals surface area contributed by atoms with Crippen molar-refractivity contribution in [2.24, 2.45) is 5.92 Å². The summed E-state index contributed by atoms with van der Waals surface area (Å²) in [6.07, 6.45) is 1.71. The van der Waals surface area contributed by atoms with Crippen molar-refractivity contribution in [3.63, 3.8) is 0 Å². The first-order chi connectivity index (χ1) is 10.8. The summed E-state index contributed by atoms with van der Waals surface area (Å²) in [4.78, 5) is 12.3. The zero-order chi connectivity index (χ0) is 17.0. The van der Waals surface area contributed by atoms with Gasteiger partial charge in [-0.2, -0.15) is 0 Å². The topological polar surface area (TPSA) is 66.5 Å². The van der Waals surface area contributed by atoms with Gasteiger partial charge in [-0.05, 0) is 43.9 Å². The van der Waals surface area contributed by atoms with Gasteiger partial charge in [0.2, 0.25) is 15.9 Å². The molecule has 1 aliphatic heterocycles. The van der Waals surface area contributed by atoms with E-state index in [2.05, 4.69) is 5.32 Å². The minimum absolute atomic E-state index is 0.0718. The quantitative estimate of drug-likeness (QED) is 0.879. The van der Waals surface area contributed by atoms with Crippen LogP contribution >= 0.6 is 11.6 Å². The molecule has 0 aromatic heterocycles. The number of piperidine rings is 1. The summed E-state index contributed by atoms with van der Waals surface area (Å²) in [6.45, 7) is 4.58. The average molecular weight is 359 g/mol. The Balaban J connectivity index is 1.92. The first-order valence-electron chi connectivity index (χ1n) is 7.88. The highest BCUT2D eigenvalue weighted by Gasteiger charge is 2.30. The van der Waals surface area contributed by atoms with Crippen LogP contribution < -0.4 is 5.32 Å². The summed E-state index contributed by atoms with van der Waals surface area (Å²) in [7, 11) is -3.17. The van der Waals surface area contributed by atoms with E-state index in [0.717, 1.165) is 5.56 Å². The molecule has 5 nitrogen and oxygen atoms in total. The Kier molecular flexibility index (Phi) is 6.06. The number of hydrogen-bond donors (Lipinski definition) is 1. The number of nitrogens with zero attached hydrogens (tertiary/aromatic N) is 1. The summed E-state index contributed by atoms with van der Waals surface area (Å²) >= 11 is 6.06. The number of rotatable bonds is 5. The third-order valence-corrected chi connectivity index (χ3v) is 6.60. The molecule has 0 unspecified atom stereocenters. The fraction of sp³-hybridized carbons (Fsp3) is 0.562. The van der Waals surface area contributed by atoms with Crippen molar-refractivity contribution in [3.05, 3.63) is 28.8 Å². The zero-order valence-corrected chi connectivity index (χ0v) is 15.1. The van der Waals surface area contributed by atoms with Crippen LogP contribution in [0, 0.1) is 12.8 Å². The molecule has 1 fully saturated rings. The van der Waals surface area contributed by atoms with Crippen LogP contribution in [-0.4, -0.2) is 37.5 Å². The number of nitrogens with one attached hydrogen (secondary N) is 1. The lowest BCUT2D eigenvalue weighted by Crippen LogP contribution is -2.42. The summed E-state index contributed by atoms with van der Waals surface area (Å²) in [5.74, 6) is -0.0632. The Morgan fingerprint density at radius 1 is 1.35 bits per heavy atom. The second-order valence-corrected chi connectivity index (χ2v) is 8.44. The molecule has 0 radical (unpaired) electrons. The van der Waals surface area contributed by atoms with Gasteiger partial charge in [-0.3, -0.25) is 4.79 Å². The van der Waals surface area contributed by atoms with E-state index in [1.54, 1.807) is 6.07 Å².